The lowest BCUT2D eigenvalue weighted by molar-refractivity contribution is -0.123. The van der Waals surface area contributed by atoms with Gasteiger partial charge in [0.15, 0.2) is 5.66 Å². The minimum atomic E-state index is -0.392. The zero-order valence-electron chi connectivity index (χ0n) is 16.1. The van der Waals surface area contributed by atoms with Crippen molar-refractivity contribution in [3.63, 3.8) is 0 Å². The molecular formula is C22H29N3O2. The highest BCUT2D eigenvalue weighted by Crippen LogP contribution is 2.40. The molecule has 0 saturated heterocycles. The summed E-state index contributed by atoms with van der Waals surface area (Å²) >= 11 is 0. The molecule has 1 saturated carbocycles. The molecule has 0 spiro atoms. The predicted molar refractivity (Wildman–Crippen MR) is 105 cm³/mol. The second-order valence-electron chi connectivity index (χ2n) is 7.74. The van der Waals surface area contributed by atoms with Gasteiger partial charge in [-0.05, 0) is 37.2 Å². The lowest BCUT2D eigenvalue weighted by Gasteiger charge is -2.39. The van der Waals surface area contributed by atoms with Crippen LogP contribution in [0.3, 0.4) is 0 Å². The van der Waals surface area contributed by atoms with Crippen molar-refractivity contribution in [1.82, 2.24) is 5.32 Å². The third-order valence-electron chi connectivity index (χ3n) is 6.01. The maximum Gasteiger partial charge on any atom is 0.220 e. The first kappa shape index (κ1) is 19.6. The fourth-order valence-corrected chi connectivity index (χ4v) is 3.99. The van der Waals surface area contributed by atoms with Gasteiger partial charge in [-0.25, -0.2) is 0 Å². The second-order valence-corrected chi connectivity index (χ2v) is 7.74. The van der Waals surface area contributed by atoms with Gasteiger partial charge < -0.3 is 10.1 Å². The van der Waals surface area contributed by atoms with E-state index in [1.165, 1.54) is 5.56 Å². The van der Waals surface area contributed by atoms with Gasteiger partial charge in [0.05, 0.1) is 5.60 Å². The average molecular weight is 367 g/mol. The molecule has 1 N–H and O–H groups in total. The Morgan fingerprint density at radius 3 is 2.56 bits per heavy atom. The van der Waals surface area contributed by atoms with Gasteiger partial charge in [0.25, 0.3) is 0 Å². The molecule has 0 radical (unpaired) electrons. The standard InChI is InChI=1S/C22H29N3O2/c1-3-4-13-22(24-25-22)16-12-20(26)23-17-21(27-2)14-10-19(11-15-21)18-8-6-5-7-9-18/h1,5-9,19H,4,10-17H2,2H3,(H,23,26). The summed E-state index contributed by atoms with van der Waals surface area (Å²) in [5.74, 6) is 3.23. The minimum Gasteiger partial charge on any atom is -0.376 e. The maximum absolute atomic E-state index is 12.3. The highest BCUT2D eigenvalue weighted by atomic mass is 16.5. The number of terminal acetylenes is 1. The zero-order chi connectivity index (χ0) is 19.2. The number of amides is 1. The number of carbonyl (C=O) groups is 1. The summed E-state index contributed by atoms with van der Waals surface area (Å²) in [5, 5.41) is 11.2. The Bertz CT molecular complexity index is 694. The number of rotatable bonds is 9. The summed E-state index contributed by atoms with van der Waals surface area (Å²) in [6, 6.07) is 10.7. The summed E-state index contributed by atoms with van der Waals surface area (Å²) < 4.78 is 5.85. The molecule has 5 nitrogen and oxygen atoms in total. The molecule has 1 heterocycles. The Morgan fingerprint density at radius 1 is 1.26 bits per heavy atom. The summed E-state index contributed by atoms with van der Waals surface area (Å²) in [5.41, 5.74) is 0.757. The molecule has 2 aliphatic rings. The number of benzene rings is 1. The van der Waals surface area contributed by atoms with Crippen LogP contribution in [0.4, 0.5) is 0 Å². The fourth-order valence-electron chi connectivity index (χ4n) is 3.99. The first-order chi connectivity index (χ1) is 13.1. The summed E-state index contributed by atoms with van der Waals surface area (Å²) in [4.78, 5) is 12.3. The van der Waals surface area contributed by atoms with Gasteiger partial charge in [-0.1, -0.05) is 30.3 Å². The minimum absolute atomic E-state index is 0.0361. The first-order valence-corrected chi connectivity index (χ1v) is 9.85. The van der Waals surface area contributed by atoms with Crippen LogP contribution in [0.5, 0.6) is 0 Å². The molecule has 144 valence electrons. The number of hydrogen-bond donors (Lipinski definition) is 1. The van der Waals surface area contributed by atoms with E-state index in [1.54, 1.807) is 7.11 Å². The van der Waals surface area contributed by atoms with Crippen molar-refractivity contribution >= 4 is 5.91 Å². The molecule has 1 aliphatic carbocycles. The third kappa shape index (κ3) is 5.17. The van der Waals surface area contributed by atoms with E-state index < -0.39 is 5.66 Å². The topological polar surface area (TPSA) is 63.0 Å². The monoisotopic (exact) mass is 367 g/mol. The molecule has 1 aliphatic heterocycles. The van der Waals surface area contributed by atoms with Crippen molar-refractivity contribution in [2.45, 2.75) is 68.5 Å². The lowest BCUT2D eigenvalue weighted by atomic mass is 9.76. The SMILES string of the molecule is C#CCCC1(CCC(=O)NCC2(OC)CCC(c3ccccc3)CC2)N=N1. The van der Waals surface area contributed by atoms with E-state index in [-0.39, 0.29) is 11.5 Å². The van der Waals surface area contributed by atoms with Gasteiger partial charge in [-0.3, -0.25) is 4.79 Å². The van der Waals surface area contributed by atoms with Gasteiger partial charge in [-0.2, -0.15) is 10.2 Å². The normalized spacial score (nSPS) is 25.6. The Kier molecular flexibility index (Phi) is 6.28. The molecule has 1 aromatic carbocycles. The summed E-state index contributed by atoms with van der Waals surface area (Å²) in [6.45, 7) is 0.565. The first-order valence-electron chi connectivity index (χ1n) is 9.85. The lowest BCUT2D eigenvalue weighted by Crippen LogP contribution is -2.46. The smallest absolute Gasteiger partial charge is 0.220 e. The van der Waals surface area contributed by atoms with Crippen molar-refractivity contribution in [3.05, 3.63) is 35.9 Å². The van der Waals surface area contributed by atoms with E-state index in [0.717, 1.165) is 32.1 Å². The van der Waals surface area contributed by atoms with E-state index in [2.05, 4.69) is 51.8 Å². The molecular weight excluding hydrogens is 338 g/mol. The van der Waals surface area contributed by atoms with Crippen LogP contribution in [-0.2, 0) is 9.53 Å². The molecule has 1 amide bonds. The fraction of sp³-hybridized carbons (Fsp3) is 0.591. The molecule has 5 heteroatoms. The van der Waals surface area contributed by atoms with Gasteiger partial charge in [-0.15, -0.1) is 12.3 Å². The molecule has 3 rings (SSSR count). The third-order valence-corrected chi connectivity index (χ3v) is 6.01. The van der Waals surface area contributed by atoms with Crippen molar-refractivity contribution < 1.29 is 9.53 Å². The van der Waals surface area contributed by atoms with Crippen LogP contribution < -0.4 is 5.32 Å². The Morgan fingerprint density at radius 2 is 1.96 bits per heavy atom. The number of ether oxygens (including phenoxy) is 1. The molecule has 0 atom stereocenters. The molecule has 1 fully saturated rings. The largest absolute Gasteiger partial charge is 0.376 e. The van der Waals surface area contributed by atoms with Crippen molar-refractivity contribution in [3.8, 4) is 12.3 Å². The second kappa shape index (κ2) is 8.67. The van der Waals surface area contributed by atoms with Gasteiger partial charge in [0, 0.05) is 39.3 Å². The van der Waals surface area contributed by atoms with Crippen LogP contribution in [0.25, 0.3) is 0 Å². The average Bonchev–Trinajstić information content (AvgIpc) is 3.50. The highest BCUT2D eigenvalue weighted by Gasteiger charge is 2.40. The van der Waals surface area contributed by atoms with Crippen LogP contribution in [0.2, 0.25) is 0 Å². The Balaban J connectivity index is 1.42. The van der Waals surface area contributed by atoms with E-state index in [4.69, 9.17) is 11.2 Å². The van der Waals surface area contributed by atoms with Crippen LogP contribution in [0.1, 0.15) is 62.8 Å². The van der Waals surface area contributed by atoms with Gasteiger partial charge in [0.1, 0.15) is 0 Å². The van der Waals surface area contributed by atoms with Crippen LogP contribution in [0.15, 0.2) is 40.6 Å². The molecule has 0 unspecified atom stereocenters. The molecule has 0 aromatic heterocycles. The number of carbonyl (C=O) groups excluding carboxylic acids is 1. The van der Waals surface area contributed by atoms with Crippen molar-refractivity contribution in [1.29, 1.82) is 0 Å². The van der Waals surface area contributed by atoms with Crippen LogP contribution >= 0.6 is 0 Å². The quantitative estimate of drug-likeness (QED) is 0.665. The number of hydrogen-bond acceptors (Lipinski definition) is 4. The van der Waals surface area contributed by atoms with Crippen molar-refractivity contribution in [2.75, 3.05) is 13.7 Å². The van der Waals surface area contributed by atoms with E-state index in [1.807, 2.05) is 0 Å². The Hall–Kier alpha value is -2.19. The van der Waals surface area contributed by atoms with Gasteiger partial charge >= 0.3 is 0 Å². The molecule has 27 heavy (non-hydrogen) atoms. The highest BCUT2D eigenvalue weighted by molar-refractivity contribution is 5.76. The van der Waals surface area contributed by atoms with Crippen LogP contribution in [0, 0.1) is 12.3 Å². The Labute approximate surface area is 162 Å². The summed E-state index contributed by atoms with van der Waals surface area (Å²) in [7, 11) is 1.76. The zero-order valence-corrected chi connectivity index (χ0v) is 16.1. The molecule has 0 bridgehead atoms. The summed E-state index contributed by atoms with van der Waals surface area (Å²) in [6.07, 6.45) is 11.8. The predicted octanol–water partition coefficient (Wildman–Crippen LogP) is 4.20. The molecule has 1 aromatic rings. The van der Waals surface area contributed by atoms with Crippen molar-refractivity contribution in [2.24, 2.45) is 10.2 Å². The number of nitrogens with one attached hydrogen (secondary N) is 1. The number of nitrogens with zero attached hydrogens (tertiary/aromatic N) is 2. The maximum atomic E-state index is 12.3. The van der Waals surface area contributed by atoms with E-state index in [0.29, 0.717) is 31.7 Å². The van der Waals surface area contributed by atoms with Crippen LogP contribution in [-0.4, -0.2) is 30.8 Å². The van der Waals surface area contributed by atoms with E-state index in [9.17, 15) is 4.79 Å². The van der Waals surface area contributed by atoms with Gasteiger partial charge in [0.2, 0.25) is 5.91 Å². The van der Waals surface area contributed by atoms with E-state index >= 15 is 0 Å². The number of methoxy groups -OCH3 is 1.